The van der Waals surface area contributed by atoms with Gasteiger partial charge in [0.25, 0.3) is 0 Å². The minimum absolute atomic E-state index is 0.908. The van der Waals surface area contributed by atoms with Crippen molar-refractivity contribution < 1.29 is 0 Å². The topological polar surface area (TPSA) is 3.24 Å². The molecule has 0 radical (unpaired) electrons. The lowest BCUT2D eigenvalue weighted by atomic mass is 10.0. The van der Waals surface area contributed by atoms with Gasteiger partial charge in [0.15, 0.2) is 0 Å². The van der Waals surface area contributed by atoms with Crippen LogP contribution in [0.1, 0.15) is 18.1 Å². The van der Waals surface area contributed by atoms with Crippen LogP contribution >= 0.6 is 0 Å². The molecule has 2 aromatic carbocycles. The first-order valence-electron chi connectivity index (χ1n) is 11.8. The molecule has 0 spiro atoms. The van der Waals surface area contributed by atoms with Crippen LogP contribution in [0.2, 0.25) is 0 Å². The van der Waals surface area contributed by atoms with E-state index in [9.17, 15) is 0 Å². The third-order valence-corrected chi connectivity index (χ3v) is 5.35. The molecule has 36 heavy (non-hydrogen) atoms. The predicted molar refractivity (Wildman–Crippen MR) is 162 cm³/mol. The Bertz CT molecular complexity index is 1240. The number of anilines is 1. The van der Waals surface area contributed by atoms with E-state index in [1.165, 1.54) is 5.56 Å². The Labute approximate surface area is 217 Å². The minimum Gasteiger partial charge on any atom is -0.311 e. The second-order valence-electron chi connectivity index (χ2n) is 7.76. The highest BCUT2D eigenvalue weighted by atomic mass is 15.1. The Balaban J connectivity index is 2.61. The van der Waals surface area contributed by atoms with Gasteiger partial charge >= 0.3 is 0 Å². The summed E-state index contributed by atoms with van der Waals surface area (Å²) in [6.07, 6.45) is 24.9. The molecule has 180 valence electrons. The van der Waals surface area contributed by atoms with Crippen LogP contribution in [0.3, 0.4) is 0 Å². The molecule has 0 aliphatic rings. The van der Waals surface area contributed by atoms with Gasteiger partial charge in [-0.1, -0.05) is 130 Å². The van der Waals surface area contributed by atoms with Crippen LogP contribution in [0.5, 0.6) is 0 Å². The Morgan fingerprint density at radius 2 is 1.25 bits per heavy atom. The van der Waals surface area contributed by atoms with E-state index in [0.717, 1.165) is 33.8 Å². The lowest BCUT2D eigenvalue weighted by molar-refractivity contribution is 1.14. The van der Waals surface area contributed by atoms with Gasteiger partial charge < -0.3 is 4.90 Å². The van der Waals surface area contributed by atoms with E-state index in [2.05, 4.69) is 93.3 Å². The zero-order valence-electron chi connectivity index (χ0n) is 21.2. The van der Waals surface area contributed by atoms with Crippen molar-refractivity contribution in [2.45, 2.75) is 6.92 Å². The van der Waals surface area contributed by atoms with E-state index < -0.39 is 0 Å². The SMILES string of the molecule is C=C/C=C\C=C(/C=C)N(/C(C=C)=C/C=C(\C)c1ccccc1)c1ccc(C(/C=C\C=C)=C/C=C)cc1. The van der Waals surface area contributed by atoms with Crippen LogP contribution in [-0.4, -0.2) is 0 Å². The third kappa shape index (κ3) is 8.00. The molecule has 0 aliphatic heterocycles. The summed E-state index contributed by atoms with van der Waals surface area (Å²) in [5.41, 5.74) is 7.29. The second kappa shape index (κ2) is 15.3. The van der Waals surface area contributed by atoms with Crippen molar-refractivity contribution in [3.63, 3.8) is 0 Å². The average Bonchev–Trinajstić information content (AvgIpc) is 2.92. The van der Waals surface area contributed by atoms with Gasteiger partial charge in [-0.15, -0.1) is 0 Å². The lowest BCUT2D eigenvalue weighted by Gasteiger charge is -2.27. The van der Waals surface area contributed by atoms with Crippen molar-refractivity contribution in [3.8, 4) is 0 Å². The number of allylic oxidation sites excluding steroid dienone is 15. The zero-order valence-corrected chi connectivity index (χ0v) is 21.2. The summed E-state index contributed by atoms with van der Waals surface area (Å²) in [7, 11) is 0. The first-order valence-corrected chi connectivity index (χ1v) is 11.8. The van der Waals surface area contributed by atoms with E-state index in [1.54, 1.807) is 18.2 Å². The Morgan fingerprint density at radius 1 is 0.611 bits per heavy atom. The normalized spacial score (nSPS) is 13.0. The van der Waals surface area contributed by atoms with Gasteiger partial charge in [0.05, 0.1) is 0 Å². The van der Waals surface area contributed by atoms with E-state index >= 15 is 0 Å². The monoisotopic (exact) mass is 469 g/mol. The summed E-state index contributed by atoms with van der Waals surface area (Å²) in [5.74, 6) is 0. The first-order chi connectivity index (χ1) is 17.6. The molecular weight excluding hydrogens is 434 g/mol. The van der Waals surface area contributed by atoms with Gasteiger partial charge in [0, 0.05) is 17.1 Å². The molecule has 0 aromatic heterocycles. The highest BCUT2D eigenvalue weighted by Gasteiger charge is 2.13. The van der Waals surface area contributed by atoms with Crippen molar-refractivity contribution >= 4 is 16.8 Å². The van der Waals surface area contributed by atoms with Crippen molar-refractivity contribution in [2.24, 2.45) is 0 Å². The van der Waals surface area contributed by atoms with E-state index in [4.69, 9.17) is 0 Å². The largest absolute Gasteiger partial charge is 0.311 e. The van der Waals surface area contributed by atoms with Gasteiger partial charge in [0.2, 0.25) is 0 Å². The van der Waals surface area contributed by atoms with Gasteiger partial charge in [-0.05, 0) is 65.6 Å². The van der Waals surface area contributed by atoms with Crippen LogP contribution in [0, 0.1) is 0 Å². The number of nitrogens with zero attached hydrogens (tertiary/aromatic N) is 1. The van der Waals surface area contributed by atoms with Crippen molar-refractivity contribution in [1.29, 1.82) is 0 Å². The van der Waals surface area contributed by atoms with Crippen LogP contribution in [0.25, 0.3) is 11.1 Å². The lowest BCUT2D eigenvalue weighted by Crippen LogP contribution is -2.19. The fraction of sp³-hybridized carbons (Fsp3) is 0.0286. The maximum absolute atomic E-state index is 4.10. The number of benzene rings is 2. The zero-order chi connectivity index (χ0) is 26.2. The summed E-state index contributed by atoms with van der Waals surface area (Å²) in [6.45, 7) is 21.6. The molecule has 1 nitrogen and oxygen atoms in total. The number of rotatable bonds is 13. The van der Waals surface area contributed by atoms with Gasteiger partial charge in [-0.25, -0.2) is 0 Å². The second-order valence-corrected chi connectivity index (χ2v) is 7.76. The molecular formula is C35H35N. The maximum Gasteiger partial charge on any atom is 0.0462 e. The molecule has 0 heterocycles. The third-order valence-electron chi connectivity index (χ3n) is 5.35. The van der Waals surface area contributed by atoms with Crippen molar-refractivity contribution in [1.82, 2.24) is 0 Å². The average molecular weight is 470 g/mol. The summed E-state index contributed by atoms with van der Waals surface area (Å²) in [5, 5.41) is 0. The van der Waals surface area contributed by atoms with Gasteiger partial charge in [-0.2, -0.15) is 0 Å². The molecule has 2 rings (SSSR count). The molecule has 2 aromatic rings. The fourth-order valence-electron chi connectivity index (χ4n) is 3.50. The Hall–Kier alpha value is -4.62. The molecule has 0 saturated heterocycles. The quantitative estimate of drug-likeness (QED) is 0.264. The molecule has 0 unspecified atom stereocenters. The Morgan fingerprint density at radius 3 is 1.83 bits per heavy atom. The van der Waals surface area contributed by atoms with E-state index in [1.807, 2.05) is 66.8 Å². The van der Waals surface area contributed by atoms with E-state index in [0.29, 0.717) is 0 Å². The first kappa shape index (κ1) is 27.6. The van der Waals surface area contributed by atoms with Gasteiger partial charge in [-0.3, -0.25) is 0 Å². The summed E-state index contributed by atoms with van der Waals surface area (Å²) in [4.78, 5) is 2.13. The van der Waals surface area contributed by atoms with Crippen molar-refractivity contribution in [2.75, 3.05) is 4.90 Å². The predicted octanol–water partition coefficient (Wildman–Crippen LogP) is 9.79. The minimum atomic E-state index is 0.908. The molecule has 0 bridgehead atoms. The molecule has 0 aliphatic carbocycles. The highest BCUT2D eigenvalue weighted by Crippen LogP contribution is 2.29. The molecule has 0 atom stereocenters. The number of hydrogen-bond acceptors (Lipinski definition) is 1. The van der Waals surface area contributed by atoms with Crippen LogP contribution in [0.4, 0.5) is 5.69 Å². The standard InChI is InChI=1S/C35H35N/c1-7-12-15-22-33(10-4)36(34(11-5)26-23-29(6)30-20-16-14-17-21-30)35-27-24-32(25-28-35)31(18-9-3)19-13-8-2/h7-28H,1-5H2,6H3/b15-12-,19-13-,29-23+,31-18+,33-22+,34-26+. The molecule has 0 amide bonds. The summed E-state index contributed by atoms with van der Waals surface area (Å²) >= 11 is 0. The molecule has 0 saturated carbocycles. The molecule has 0 N–H and O–H groups in total. The van der Waals surface area contributed by atoms with Crippen LogP contribution in [0.15, 0.2) is 178 Å². The van der Waals surface area contributed by atoms with Crippen LogP contribution in [-0.2, 0) is 0 Å². The summed E-state index contributed by atoms with van der Waals surface area (Å²) in [6, 6.07) is 18.7. The maximum atomic E-state index is 4.10. The Kier molecular flexibility index (Phi) is 11.8. The fourth-order valence-corrected chi connectivity index (χ4v) is 3.50. The van der Waals surface area contributed by atoms with Gasteiger partial charge in [0.1, 0.15) is 0 Å². The summed E-state index contributed by atoms with van der Waals surface area (Å²) < 4.78 is 0. The van der Waals surface area contributed by atoms with E-state index in [-0.39, 0.29) is 0 Å². The molecule has 0 fully saturated rings. The smallest absolute Gasteiger partial charge is 0.0462 e. The molecule has 1 heteroatoms. The highest BCUT2D eigenvalue weighted by molar-refractivity contribution is 5.77. The number of hydrogen-bond donors (Lipinski definition) is 0. The van der Waals surface area contributed by atoms with Crippen LogP contribution < -0.4 is 4.90 Å². The van der Waals surface area contributed by atoms with Crippen molar-refractivity contribution in [3.05, 3.63) is 189 Å².